The fourth-order valence-electron chi connectivity index (χ4n) is 1.48. The van der Waals surface area contributed by atoms with Crippen molar-refractivity contribution < 1.29 is 4.79 Å². The van der Waals surface area contributed by atoms with Gasteiger partial charge in [-0.25, -0.2) is 0 Å². The third-order valence-electron chi connectivity index (χ3n) is 2.28. The van der Waals surface area contributed by atoms with Crippen LogP contribution in [0.15, 0.2) is 12.2 Å². The Hall–Kier alpha value is -0.540. The van der Waals surface area contributed by atoms with Crippen molar-refractivity contribution in [2.75, 3.05) is 19.6 Å². The second-order valence-electron chi connectivity index (χ2n) is 3.40. The molecule has 1 amide bonds. The predicted molar refractivity (Wildman–Crippen MR) is 60.7 cm³/mol. The van der Waals surface area contributed by atoms with Gasteiger partial charge in [0.15, 0.2) is 0 Å². The number of amides is 1. The van der Waals surface area contributed by atoms with Crippen LogP contribution in [0, 0.1) is 0 Å². The molecule has 1 aliphatic heterocycles. The average molecular weight is 219 g/mol. The molecule has 0 aromatic rings. The first-order valence-corrected chi connectivity index (χ1v) is 4.93. The van der Waals surface area contributed by atoms with E-state index in [9.17, 15) is 4.79 Å². The van der Waals surface area contributed by atoms with Crippen LogP contribution >= 0.6 is 12.4 Å². The summed E-state index contributed by atoms with van der Waals surface area (Å²) < 4.78 is 0. The number of carbonyl (C=O) groups is 1. The summed E-state index contributed by atoms with van der Waals surface area (Å²) in [6, 6.07) is 0.322. The van der Waals surface area contributed by atoms with Crippen LogP contribution in [0.25, 0.3) is 0 Å². The van der Waals surface area contributed by atoms with Crippen molar-refractivity contribution >= 4 is 18.3 Å². The van der Waals surface area contributed by atoms with E-state index in [-0.39, 0.29) is 18.3 Å². The van der Waals surface area contributed by atoms with Crippen molar-refractivity contribution in [2.24, 2.45) is 0 Å². The van der Waals surface area contributed by atoms with Gasteiger partial charge in [0.05, 0.1) is 0 Å². The molecule has 82 valence electrons. The lowest BCUT2D eigenvalue weighted by molar-refractivity contribution is -0.128. The van der Waals surface area contributed by atoms with E-state index in [0.717, 1.165) is 26.1 Å². The van der Waals surface area contributed by atoms with Gasteiger partial charge in [-0.05, 0) is 19.4 Å². The van der Waals surface area contributed by atoms with Gasteiger partial charge < -0.3 is 10.2 Å². The van der Waals surface area contributed by atoms with Gasteiger partial charge in [-0.3, -0.25) is 4.79 Å². The molecule has 0 spiro atoms. The summed E-state index contributed by atoms with van der Waals surface area (Å²) in [7, 11) is 0. The third kappa shape index (κ3) is 3.68. The number of rotatable bonds is 2. The SMILES string of the molecule is CC/C=C/C(=O)N1CCNC[C@H]1C.Cl. The van der Waals surface area contributed by atoms with E-state index in [2.05, 4.69) is 12.2 Å². The normalized spacial score (nSPS) is 22.1. The molecule has 0 aromatic carbocycles. The lowest BCUT2D eigenvalue weighted by Gasteiger charge is -2.33. The number of nitrogens with one attached hydrogen (secondary N) is 1. The maximum absolute atomic E-state index is 11.6. The third-order valence-corrected chi connectivity index (χ3v) is 2.28. The van der Waals surface area contributed by atoms with Crippen molar-refractivity contribution in [3.05, 3.63) is 12.2 Å². The summed E-state index contributed by atoms with van der Waals surface area (Å²) in [6.07, 6.45) is 4.52. The molecule has 1 fully saturated rings. The van der Waals surface area contributed by atoms with Crippen molar-refractivity contribution in [1.29, 1.82) is 0 Å². The molecule has 0 aliphatic carbocycles. The Kier molecular flexibility index (Phi) is 6.58. The van der Waals surface area contributed by atoms with Crippen LogP contribution in [0.4, 0.5) is 0 Å². The number of halogens is 1. The number of hydrogen-bond donors (Lipinski definition) is 1. The molecular formula is C10H19ClN2O. The molecule has 1 N–H and O–H groups in total. The maximum Gasteiger partial charge on any atom is 0.246 e. The van der Waals surface area contributed by atoms with Crippen molar-refractivity contribution in [2.45, 2.75) is 26.3 Å². The first-order chi connectivity index (χ1) is 6.25. The van der Waals surface area contributed by atoms with Crippen LogP contribution in [-0.2, 0) is 4.79 Å². The standard InChI is InChI=1S/C10H18N2O.ClH/c1-3-4-5-10(13)12-7-6-11-8-9(12)2;/h4-5,9,11H,3,6-8H2,1-2H3;1H/b5-4+;/t9-;/m1./s1. The Labute approximate surface area is 92.0 Å². The fourth-order valence-corrected chi connectivity index (χ4v) is 1.48. The number of nitrogens with zero attached hydrogens (tertiary/aromatic N) is 1. The van der Waals surface area contributed by atoms with E-state index in [0.29, 0.717) is 6.04 Å². The Bertz CT molecular complexity index is 206. The number of carbonyl (C=O) groups excluding carboxylic acids is 1. The van der Waals surface area contributed by atoms with Gasteiger partial charge in [-0.1, -0.05) is 13.0 Å². The second kappa shape index (κ2) is 6.85. The zero-order valence-corrected chi connectivity index (χ0v) is 9.64. The summed E-state index contributed by atoms with van der Waals surface area (Å²) in [4.78, 5) is 13.5. The first-order valence-electron chi connectivity index (χ1n) is 4.93. The van der Waals surface area contributed by atoms with Gasteiger partial charge in [-0.2, -0.15) is 0 Å². The Balaban J connectivity index is 0.00000169. The van der Waals surface area contributed by atoms with Gasteiger partial charge >= 0.3 is 0 Å². The van der Waals surface area contributed by atoms with Crippen LogP contribution in [0.5, 0.6) is 0 Å². The predicted octanol–water partition coefficient (Wildman–Crippen LogP) is 1.19. The quantitative estimate of drug-likeness (QED) is 0.707. The molecule has 0 saturated carbocycles. The number of allylic oxidation sites excluding steroid dienone is 1. The smallest absolute Gasteiger partial charge is 0.246 e. The topological polar surface area (TPSA) is 32.3 Å². The fraction of sp³-hybridized carbons (Fsp3) is 0.700. The zero-order valence-electron chi connectivity index (χ0n) is 8.82. The van der Waals surface area contributed by atoms with Crippen molar-refractivity contribution in [3.8, 4) is 0 Å². The molecule has 3 nitrogen and oxygen atoms in total. The zero-order chi connectivity index (χ0) is 9.68. The molecule has 0 bridgehead atoms. The van der Waals surface area contributed by atoms with Crippen LogP contribution in [0.2, 0.25) is 0 Å². The Morgan fingerprint density at radius 2 is 2.36 bits per heavy atom. The van der Waals surface area contributed by atoms with Gasteiger partial charge in [-0.15, -0.1) is 12.4 Å². The van der Waals surface area contributed by atoms with Crippen LogP contribution in [0.3, 0.4) is 0 Å². The van der Waals surface area contributed by atoms with E-state index in [1.807, 2.05) is 17.9 Å². The molecule has 1 rings (SSSR count). The maximum atomic E-state index is 11.6. The van der Waals surface area contributed by atoms with Crippen LogP contribution in [0.1, 0.15) is 20.3 Å². The monoisotopic (exact) mass is 218 g/mol. The summed E-state index contributed by atoms with van der Waals surface area (Å²) in [5, 5.41) is 3.26. The number of hydrogen-bond acceptors (Lipinski definition) is 2. The summed E-state index contributed by atoms with van der Waals surface area (Å²) >= 11 is 0. The van der Waals surface area contributed by atoms with Crippen molar-refractivity contribution in [1.82, 2.24) is 10.2 Å². The lowest BCUT2D eigenvalue weighted by atomic mass is 10.2. The minimum Gasteiger partial charge on any atom is -0.334 e. The molecule has 0 unspecified atom stereocenters. The van der Waals surface area contributed by atoms with Gasteiger partial charge in [0.25, 0.3) is 0 Å². The van der Waals surface area contributed by atoms with E-state index < -0.39 is 0 Å². The highest BCUT2D eigenvalue weighted by atomic mass is 35.5. The largest absolute Gasteiger partial charge is 0.334 e. The minimum absolute atomic E-state index is 0. The highest BCUT2D eigenvalue weighted by Crippen LogP contribution is 2.03. The molecule has 1 aliphatic rings. The lowest BCUT2D eigenvalue weighted by Crippen LogP contribution is -2.51. The Morgan fingerprint density at radius 3 is 2.93 bits per heavy atom. The molecule has 0 radical (unpaired) electrons. The van der Waals surface area contributed by atoms with Crippen LogP contribution in [-0.4, -0.2) is 36.5 Å². The number of piperazine rings is 1. The molecule has 4 heteroatoms. The summed E-state index contributed by atoms with van der Waals surface area (Å²) in [5.41, 5.74) is 0. The van der Waals surface area contributed by atoms with Crippen molar-refractivity contribution in [3.63, 3.8) is 0 Å². The minimum atomic E-state index is 0. The molecule has 1 saturated heterocycles. The van der Waals surface area contributed by atoms with Gasteiger partial charge in [0.1, 0.15) is 0 Å². The molecule has 14 heavy (non-hydrogen) atoms. The van der Waals surface area contributed by atoms with E-state index in [4.69, 9.17) is 0 Å². The van der Waals surface area contributed by atoms with E-state index in [1.165, 1.54) is 0 Å². The first kappa shape index (κ1) is 13.5. The highest BCUT2D eigenvalue weighted by molar-refractivity contribution is 5.87. The Morgan fingerprint density at radius 1 is 1.64 bits per heavy atom. The summed E-state index contributed by atoms with van der Waals surface area (Å²) in [6.45, 7) is 6.75. The molecule has 0 aromatic heterocycles. The summed E-state index contributed by atoms with van der Waals surface area (Å²) in [5.74, 6) is 0.149. The highest BCUT2D eigenvalue weighted by Gasteiger charge is 2.20. The van der Waals surface area contributed by atoms with Gasteiger partial charge in [0.2, 0.25) is 5.91 Å². The van der Waals surface area contributed by atoms with E-state index >= 15 is 0 Å². The molecular weight excluding hydrogens is 200 g/mol. The van der Waals surface area contributed by atoms with Crippen LogP contribution < -0.4 is 5.32 Å². The average Bonchev–Trinajstić information content (AvgIpc) is 2.15. The second-order valence-corrected chi connectivity index (χ2v) is 3.40. The molecule has 1 atom stereocenters. The van der Waals surface area contributed by atoms with E-state index in [1.54, 1.807) is 6.08 Å². The van der Waals surface area contributed by atoms with Gasteiger partial charge in [0, 0.05) is 25.7 Å². The molecule has 1 heterocycles.